The van der Waals surface area contributed by atoms with Crippen molar-refractivity contribution >= 4 is 11.6 Å². The van der Waals surface area contributed by atoms with Gasteiger partial charge in [0.15, 0.2) is 0 Å². The van der Waals surface area contributed by atoms with E-state index in [0.29, 0.717) is 0 Å². The van der Waals surface area contributed by atoms with Gasteiger partial charge in [0.1, 0.15) is 11.6 Å². The van der Waals surface area contributed by atoms with Crippen molar-refractivity contribution < 1.29 is 9.59 Å². The van der Waals surface area contributed by atoms with Crippen molar-refractivity contribution in [1.82, 2.24) is 4.90 Å². The molecule has 1 fully saturated rings. The highest BCUT2D eigenvalue weighted by Gasteiger charge is 2.64. The average Bonchev–Trinajstić information content (AvgIpc) is 2.51. The van der Waals surface area contributed by atoms with E-state index < -0.39 is 0 Å². The predicted octanol–water partition coefficient (Wildman–Crippen LogP) is 1.37. The van der Waals surface area contributed by atoms with Crippen molar-refractivity contribution in [2.24, 2.45) is 17.3 Å². The molecule has 3 heteroatoms. The fourth-order valence-electron chi connectivity index (χ4n) is 2.98. The van der Waals surface area contributed by atoms with Crippen molar-refractivity contribution in [3.63, 3.8) is 0 Å². The molecule has 0 bridgehead atoms. The van der Waals surface area contributed by atoms with Gasteiger partial charge >= 0.3 is 0 Å². The van der Waals surface area contributed by atoms with Gasteiger partial charge in [0.05, 0.1) is 6.04 Å². The Morgan fingerprint density at radius 3 is 1.87 bits per heavy atom. The summed E-state index contributed by atoms with van der Waals surface area (Å²) >= 11 is 0. The maximum Gasteiger partial charge on any atom is 0.147 e. The zero-order valence-corrected chi connectivity index (χ0v) is 10.5. The van der Waals surface area contributed by atoms with Crippen LogP contribution < -0.4 is 0 Å². The number of Topliss-reactive ketones (excluding diaryl/α,β-unsaturated/α-hetero) is 2. The molecule has 1 saturated carbocycles. The Bertz CT molecular complexity index is 294. The second-order valence-corrected chi connectivity index (χ2v) is 5.45. The average molecular weight is 211 g/mol. The van der Waals surface area contributed by atoms with Gasteiger partial charge in [-0.15, -0.1) is 0 Å². The van der Waals surface area contributed by atoms with Crippen LogP contribution in [0.25, 0.3) is 0 Å². The molecule has 3 nitrogen and oxygen atoms in total. The molecule has 1 aliphatic rings. The highest BCUT2D eigenvalue weighted by Crippen LogP contribution is 2.61. The van der Waals surface area contributed by atoms with Gasteiger partial charge in [0.25, 0.3) is 0 Å². The zero-order valence-electron chi connectivity index (χ0n) is 10.5. The Balaban J connectivity index is 2.90. The number of likely N-dealkylation sites (N-methyl/N-ethyl adjacent to an activating group) is 1. The number of ketones is 2. The van der Waals surface area contributed by atoms with Crippen LogP contribution in [0.2, 0.25) is 0 Å². The summed E-state index contributed by atoms with van der Waals surface area (Å²) in [5.41, 5.74) is -0.0214. The fraction of sp³-hybridized carbons (Fsp3) is 0.833. The SMILES string of the molecule is CC(=O)C(C1C(C(C)=O)C1(C)C)N(C)C. The predicted molar refractivity (Wildman–Crippen MR) is 59.6 cm³/mol. The molecule has 0 N–H and O–H groups in total. The second kappa shape index (κ2) is 3.71. The van der Waals surface area contributed by atoms with Gasteiger partial charge in [-0.25, -0.2) is 0 Å². The Labute approximate surface area is 91.8 Å². The molecule has 0 aliphatic heterocycles. The van der Waals surface area contributed by atoms with Crippen LogP contribution in [0, 0.1) is 17.3 Å². The highest BCUT2D eigenvalue weighted by molar-refractivity contribution is 5.88. The molecule has 86 valence electrons. The van der Waals surface area contributed by atoms with E-state index in [1.807, 2.05) is 19.0 Å². The molecule has 0 amide bonds. The van der Waals surface area contributed by atoms with E-state index in [0.717, 1.165) is 0 Å². The Hall–Kier alpha value is -0.700. The van der Waals surface area contributed by atoms with Gasteiger partial charge in [-0.2, -0.15) is 0 Å². The van der Waals surface area contributed by atoms with E-state index in [9.17, 15) is 9.59 Å². The molecule has 1 aliphatic carbocycles. The van der Waals surface area contributed by atoms with E-state index >= 15 is 0 Å². The molecule has 0 heterocycles. The molecule has 0 radical (unpaired) electrons. The van der Waals surface area contributed by atoms with Crippen molar-refractivity contribution in [2.45, 2.75) is 33.7 Å². The highest BCUT2D eigenvalue weighted by atomic mass is 16.1. The molecule has 0 aromatic heterocycles. The quantitative estimate of drug-likeness (QED) is 0.704. The minimum absolute atomic E-state index is 0.0214. The summed E-state index contributed by atoms with van der Waals surface area (Å²) in [5.74, 6) is 0.594. The van der Waals surface area contributed by atoms with Crippen LogP contribution in [-0.2, 0) is 9.59 Å². The first kappa shape index (κ1) is 12.4. The van der Waals surface area contributed by atoms with Crippen LogP contribution in [0.1, 0.15) is 27.7 Å². The zero-order chi connectivity index (χ0) is 12.0. The minimum atomic E-state index is -0.117. The van der Waals surface area contributed by atoms with Crippen molar-refractivity contribution in [3.05, 3.63) is 0 Å². The number of rotatable bonds is 4. The molecule has 0 aromatic rings. The summed E-state index contributed by atoms with van der Waals surface area (Å²) < 4.78 is 0. The van der Waals surface area contributed by atoms with Crippen molar-refractivity contribution in [2.75, 3.05) is 14.1 Å². The van der Waals surface area contributed by atoms with Gasteiger partial charge in [0, 0.05) is 5.92 Å². The molecule has 0 aromatic carbocycles. The van der Waals surface area contributed by atoms with Gasteiger partial charge < -0.3 is 0 Å². The lowest BCUT2D eigenvalue weighted by atomic mass is 10.0. The molecular weight excluding hydrogens is 190 g/mol. The summed E-state index contributed by atoms with van der Waals surface area (Å²) in [6.07, 6.45) is 0. The number of hydrogen-bond donors (Lipinski definition) is 0. The number of carbonyl (C=O) groups excluding carboxylic acids is 2. The van der Waals surface area contributed by atoms with E-state index in [1.165, 1.54) is 0 Å². The lowest BCUT2D eigenvalue weighted by Crippen LogP contribution is -2.38. The third-order valence-corrected chi connectivity index (χ3v) is 3.66. The maximum absolute atomic E-state index is 11.6. The van der Waals surface area contributed by atoms with Gasteiger partial charge in [-0.3, -0.25) is 14.5 Å². The third kappa shape index (κ3) is 1.98. The standard InChI is InChI=1S/C12H21NO2/c1-7(14)9-10(12(9,3)4)11(8(2)15)13(5)6/h9-11H,1-6H3. The van der Waals surface area contributed by atoms with E-state index in [-0.39, 0.29) is 34.9 Å². The smallest absolute Gasteiger partial charge is 0.147 e. The number of nitrogens with zero attached hydrogens (tertiary/aromatic N) is 1. The van der Waals surface area contributed by atoms with Crippen LogP contribution in [0.3, 0.4) is 0 Å². The monoisotopic (exact) mass is 211 g/mol. The minimum Gasteiger partial charge on any atom is -0.300 e. The van der Waals surface area contributed by atoms with Gasteiger partial charge in [0.2, 0.25) is 0 Å². The Morgan fingerprint density at radius 2 is 1.67 bits per heavy atom. The lowest BCUT2D eigenvalue weighted by Gasteiger charge is -2.23. The van der Waals surface area contributed by atoms with Crippen LogP contribution in [0.4, 0.5) is 0 Å². The molecule has 3 unspecified atom stereocenters. The van der Waals surface area contributed by atoms with Crippen LogP contribution in [-0.4, -0.2) is 36.6 Å². The fourth-order valence-corrected chi connectivity index (χ4v) is 2.98. The number of hydrogen-bond acceptors (Lipinski definition) is 3. The Morgan fingerprint density at radius 1 is 1.20 bits per heavy atom. The second-order valence-electron chi connectivity index (χ2n) is 5.45. The van der Waals surface area contributed by atoms with Gasteiger partial charge in [-0.1, -0.05) is 13.8 Å². The van der Waals surface area contributed by atoms with Crippen LogP contribution in [0.15, 0.2) is 0 Å². The molecule has 15 heavy (non-hydrogen) atoms. The van der Waals surface area contributed by atoms with E-state index in [1.54, 1.807) is 13.8 Å². The molecule has 3 atom stereocenters. The molecular formula is C12H21NO2. The summed E-state index contributed by atoms with van der Waals surface area (Å²) in [5, 5.41) is 0. The van der Waals surface area contributed by atoms with E-state index in [4.69, 9.17) is 0 Å². The summed E-state index contributed by atoms with van der Waals surface area (Å²) in [7, 11) is 3.80. The first-order valence-electron chi connectivity index (χ1n) is 5.38. The first-order valence-corrected chi connectivity index (χ1v) is 5.38. The summed E-state index contributed by atoms with van der Waals surface area (Å²) in [6, 6.07) is -0.117. The van der Waals surface area contributed by atoms with Crippen LogP contribution >= 0.6 is 0 Å². The topological polar surface area (TPSA) is 37.4 Å². The third-order valence-electron chi connectivity index (χ3n) is 3.66. The Kier molecular flexibility index (Phi) is 3.06. The van der Waals surface area contributed by atoms with Crippen molar-refractivity contribution in [3.8, 4) is 0 Å². The first-order chi connectivity index (χ1) is 6.71. The normalized spacial score (nSPS) is 30.1. The van der Waals surface area contributed by atoms with E-state index in [2.05, 4.69) is 13.8 Å². The molecule has 0 saturated heterocycles. The summed E-state index contributed by atoms with van der Waals surface area (Å²) in [6.45, 7) is 7.38. The van der Waals surface area contributed by atoms with Crippen molar-refractivity contribution in [1.29, 1.82) is 0 Å². The largest absolute Gasteiger partial charge is 0.300 e. The number of carbonyl (C=O) groups is 2. The van der Waals surface area contributed by atoms with Gasteiger partial charge in [-0.05, 0) is 39.3 Å². The maximum atomic E-state index is 11.6. The summed E-state index contributed by atoms with van der Waals surface area (Å²) in [4.78, 5) is 24.9. The van der Waals surface area contributed by atoms with Crippen LogP contribution in [0.5, 0.6) is 0 Å². The lowest BCUT2D eigenvalue weighted by molar-refractivity contribution is -0.122. The molecule has 0 spiro atoms. The molecule has 1 rings (SSSR count).